The average molecular weight is 306 g/mol. The van der Waals surface area contributed by atoms with Crippen LogP contribution in [0.3, 0.4) is 0 Å². The zero-order valence-electron chi connectivity index (χ0n) is 9.36. The molecule has 0 saturated carbocycles. The zero-order valence-corrected chi connectivity index (χ0v) is 10.9. The summed E-state index contributed by atoms with van der Waals surface area (Å²) in [5.41, 5.74) is 1.39. The maximum absolute atomic E-state index is 13.4. The lowest BCUT2D eigenvalue weighted by molar-refractivity contribution is 0.290. The van der Waals surface area contributed by atoms with Crippen LogP contribution in [0, 0.1) is 17.1 Å². The van der Waals surface area contributed by atoms with E-state index in [1.807, 2.05) is 12.1 Å². The van der Waals surface area contributed by atoms with Crippen molar-refractivity contribution in [1.82, 2.24) is 0 Å². The van der Waals surface area contributed by atoms with Gasteiger partial charge in [-0.2, -0.15) is 5.26 Å². The van der Waals surface area contributed by atoms with Crippen LogP contribution in [0.1, 0.15) is 11.1 Å². The van der Waals surface area contributed by atoms with Gasteiger partial charge in [0.15, 0.2) is 11.6 Å². The van der Waals surface area contributed by atoms with Crippen LogP contribution in [0.5, 0.6) is 5.75 Å². The maximum atomic E-state index is 13.4. The summed E-state index contributed by atoms with van der Waals surface area (Å²) in [6.07, 6.45) is 0. The van der Waals surface area contributed by atoms with Crippen LogP contribution in [0.2, 0.25) is 0 Å². The summed E-state index contributed by atoms with van der Waals surface area (Å²) in [4.78, 5) is 0. The lowest BCUT2D eigenvalue weighted by atomic mass is 10.1. The topological polar surface area (TPSA) is 33.0 Å². The van der Waals surface area contributed by atoms with Crippen molar-refractivity contribution in [1.29, 1.82) is 5.26 Å². The summed E-state index contributed by atoms with van der Waals surface area (Å²) in [6.45, 7) is 0.225. The Labute approximate surface area is 113 Å². The van der Waals surface area contributed by atoms with Gasteiger partial charge in [0.1, 0.15) is 6.61 Å². The first-order valence-electron chi connectivity index (χ1n) is 5.26. The third-order valence-electron chi connectivity index (χ3n) is 2.34. The Morgan fingerprint density at radius 2 is 2.06 bits per heavy atom. The van der Waals surface area contributed by atoms with Crippen molar-refractivity contribution in [2.75, 3.05) is 0 Å². The van der Waals surface area contributed by atoms with Crippen molar-refractivity contribution in [3.8, 4) is 11.8 Å². The quantitative estimate of drug-likeness (QED) is 0.857. The van der Waals surface area contributed by atoms with Gasteiger partial charge in [0.05, 0.1) is 11.6 Å². The number of nitriles is 1. The van der Waals surface area contributed by atoms with Gasteiger partial charge < -0.3 is 4.74 Å². The Balaban J connectivity index is 2.11. The van der Waals surface area contributed by atoms with E-state index in [0.29, 0.717) is 5.56 Å². The highest BCUT2D eigenvalue weighted by Gasteiger charge is 2.04. The van der Waals surface area contributed by atoms with Gasteiger partial charge in [0.2, 0.25) is 0 Å². The Hall–Kier alpha value is -1.86. The van der Waals surface area contributed by atoms with Crippen molar-refractivity contribution >= 4 is 15.9 Å². The summed E-state index contributed by atoms with van der Waals surface area (Å²) in [6, 6.07) is 13.6. The molecule has 2 rings (SSSR count). The molecule has 0 saturated heterocycles. The molecule has 0 heterocycles. The number of halogens is 2. The monoisotopic (exact) mass is 305 g/mol. The van der Waals surface area contributed by atoms with E-state index < -0.39 is 5.82 Å². The minimum atomic E-state index is -0.408. The number of rotatable bonds is 3. The molecule has 2 aromatic rings. The van der Waals surface area contributed by atoms with Gasteiger partial charge >= 0.3 is 0 Å². The van der Waals surface area contributed by atoms with E-state index in [1.165, 1.54) is 6.07 Å². The van der Waals surface area contributed by atoms with E-state index in [9.17, 15) is 4.39 Å². The molecule has 0 aliphatic heterocycles. The Kier molecular flexibility index (Phi) is 3.96. The molecular formula is C14H9BrFNO. The number of nitrogens with zero attached hydrogens (tertiary/aromatic N) is 1. The molecule has 0 fully saturated rings. The van der Waals surface area contributed by atoms with Crippen LogP contribution < -0.4 is 4.74 Å². The van der Waals surface area contributed by atoms with Gasteiger partial charge in [-0.15, -0.1) is 0 Å². The normalized spacial score (nSPS) is 9.83. The first-order valence-corrected chi connectivity index (χ1v) is 6.05. The molecule has 0 aromatic heterocycles. The van der Waals surface area contributed by atoms with Crippen molar-refractivity contribution < 1.29 is 9.13 Å². The first-order chi connectivity index (χ1) is 8.69. The van der Waals surface area contributed by atoms with Crippen molar-refractivity contribution in [3.05, 3.63) is 63.9 Å². The number of hydrogen-bond acceptors (Lipinski definition) is 2. The number of ether oxygens (including phenoxy) is 1. The van der Waals surface area contributed by atoms with Gasteiger partial charge in [-0.25, -0.2) is 4.39 Å². The largest absolute Gasteiger partial charge is 0.486 e. The predicted molar refractivity (Wildman–Crippen MR) is 69.6 cm³/mol. The molecule has 0 aliphatic rings. The van der Waals surface area contributed by atoms with Gasteiger partial charge in [-0.1, -0.05) is 28.1 Å². The highest BCUT2D eigenvalue weighted by molar-refractivity contribution is 9.10. The van der Waals surface area contributed by atoms with Crippen molar-refractivity contribution in [2.45, 2.75) is 6.61 Å². The smallest absolute Gasteiger partial charge is 0.165 e. The molecule has 0 aliphatic carbocycles. The molecule has 90 valence electrons. The molecule has 0 amide bonds. The molecule has 2 nitrogen and oxygen atoms in total. The molecule has 2 aromatic carbocycles. The van der Waals surface area contributed by atoms with Gasteiger partial charge in [0.25, 0.3) is 0 Å². The van der Waals surface area contributed by atoms with Crippen LogP contribution in [0.25, 0.3) is 0 Å². The Bertz CT molecular complexity index is 607. The van der Waals surface area contributed by atoms with Gasteiger partial charge in [0, 0.05) is 4.47 Å². The summed E-state index contributed by atoms with van der Waals surface area (Å²) in [5, 5.41) is 8.77. The number of benzene rings is 2. The molecule has 0 bridgehead atoms. The highest BCUT2D eigenvalue weighted by atomic mass is 79.9. The van der Waals surface area contributed by atoms with E-state index in [-0.39, 0.29) is 12.4 Å². The Morgan fingerprint density at radius 1 is 1.22 bits per heavy atom. The standard InChI is InChI=1S/C14H9BrFNO/c15-12-4-5-13(16)14(7-12)18-9-11-3-1-2-10(6-11)8-17/h1-7H,9H2. The minimum Gasteiger partial charge on any atom is -0.486 e. The minimum absolute atomic E-state index is 0.187. The Morgan fingerprint density at radius 3 is 2.83 bits per heavy atom. The fourth-order valence-corrected chi connectivity index (χ4v) is 1.82. The van der Waals surface area contributed by atoms with Gasteiger partial charge in [-0.05, 0) is 35.9 Å². The van der Waals surface area contributed by atoms with E-state index in [1.54, 1.807) is 30.3 Å². The second kappa shape index (κ2) is 5.65. The van der Waals surface area contributed by atoms with Crippen LogP contribution in [0.4, 0.5) is 4.39 Å². The highest BCUT2D eigenvalue weighted by Crippen LogP contribution is 2.23. The van der Waals surface area contributed by atoms with Crippen molar-refractivity contribution in [3.63, 3.8) is 0 Å². The summed E-state index contributed by atoms with van der Waals surface area (Å²) < 4.78 is 19.6. The second-order valence-electron chi connectivity index (χ2n) is 3.68. The lowest BCUT2D eigenvalue weighted by Gasteiger charge is -2.07. The van der Waals surface area contributed by atoms with E-state index in [0.717, 1.165) is 10.0 Å². The molecular weight excluding hydrogens is 297 g/mol. The third-order valence-corrected chi connectivity index (χ3v) is 2.84. The molecule has 0 atom stereocenters. The lowest BCUT2D eigenvalue weighted by Crippen LogP contribution is -1.97. The fourth-order valence-electron chi connectivity index (χ4n) is 1.48. The first kappa shape index (κ1) is 12.6. The van der Waals surface area contributed by atoms with E-state index in [2.05, 4.69) is 15.9 Å². The van der Waals surface area contributed by atoms with E-state index in [4.69, 9.17) is 10.00 Å². The average Bonchev–Trinajstić information content (AvgIpc) is 2.40. The summed E-state index contributed by atoms with van der Waals surface area (Å²) >= 11 is 3.26. The van der Waals surface area contributed by atoms with Crippen LogP contribution in [-0.2, 0) is 6.61 Å². The predicted octanol–water partition coefficient (Wildman–Crippen LogP) is 4.04. The third kappa shape index (κ3) is 3.08. The molecule has 0 spiro atoms. The molecule has 4 heteroatoms. The molecule has 0 N–H and O–H groups in total. The second-order valence-corrected chi connectivity index (χ2v) is 4.59. The molecule has 0 unspecified atom stereocenters. The maximum Gasteiger partial charge on any atom is 0.165 e. The zero-order chi connectivity index (χ0) is 13.0. The number of hydrogen-bond donors (Lipinski definition) is 0. The summed E-state index contributed by atoms with van der Waals surface area (Å²) in [5.74, 6) is -0.221. The molecule has 0 radical (unpaired) electrons. The van der Waals surface area contributed by atoms with Crippen LogP contribution in [0.15, 0.2) is 46.9 Å². The van der Waals surface area contributed by atoms with Crippen LogP contribution >= 0.6 is 15.9 Å². The van der Waals surface area contributed by atoms with Crippen LogP contribution in [-0.4, -0.2) is 0 Å². The molecule has 18 heavy (non-hydrogen) atoms. The van der Waals surface area contributed by atoms with Crippen molar-refractivity contribution in [2.24, 2.45) is 0 Å². The SMILES string of the molecule is N#Cc1cccc(COc2cc(Br)ccc2F)c1. The fraction of sp³-hybridized carbons (Fsp3) is 0.0714. The summed E-state index contributed by atoms with van der Waals surface area (Å²) in [7, 11) is 0. The van der Waals surface area contributed by atoms with E-state index >= 15 is 0 Å². The van der Waals surface area contributed by atoms with Gasteiger partial charge in [-0.3, -0.25) is 0 Å².